The fourth-order valence-corrected chi connectivity index (χ4v) is 2.56. The average Bonchev–Trinajstić information content (AvgIpc) is 2.78. The van der Waals surface area contributed by atoms with E-state index in [1.54, 1.807) is 23.3 Å². The van der Waals surface area contributed by atoms with Crippen LogP contribution >= 0.6 is 11.3 Å². The van der Waals surface area contributed by atoms with Gasteiger partial charge in [0.1, 0.15) is 5.82 Å². The van der Waals surface area contributed by atoms with Gasteiger partial charge in [-0.05, 0) is 48.2 Å². The van der Waals surface area contributed by atoms with Gasteiger partial charge in [0.2, 0.25) is 0 Å². The molecule has 2 amide bonds. The van der Waals surface area contributed by atoms with Gasteiger partial charge >= 0.3 is 6.03 Å². The van der Waals surface area contributed by atoms with Crippen molar-refractivity contribution >= 4 is 23.1 Å². The van der Waals surface area contributed by atoms with Crippen LogP contribution < -0.4 is 5.32 Å². The second-order valence-electron chi connectivity index (χ2n) is 4.32. The number of aryl methyl sites for hydroxylation is 1. The second-order valence-corrected chi connectivity index (χ2v) is 5.32. The van der Waals surface area contributed by atoms with Crippen molar-refractivity contribution in [1.82, 2.24) is 4.90 Å². The molecule has 0 aliphatic carbocycles. The van der Waals surface area contributed by atoms with E-state index in [-0.39, 0.29) is 11.8 Å². The molecule has 100 valence electrons. The van der Waals surface area contributed by atoms with Crippen LogP contribution in [0.1, 0.15) is 10.4 Å². The average molecular weight is 278 g/mol. The van der Waals surface area contributed by atoms with Gasteiger partial charge in [0.05, 0.1) is 6.54 Å². The number of anilines is 1. The van der Waals surface area contributed by atoms with E-state index >= 15 is 0 Å². The van der Waals surface area contributed by atoms with Gasteiger partial charge in [0, 0.05) is 17.6 Å². The molecule has 2 aromatic rings. The van der Waals surface area contributed by atoms with E-state index in [1.165, 1.54) is 29.8 Å². The molecule has 0 spiro atoms. The van der Waals surface area contributed by atoms with Crippen LogP contribution in [-0.4, -0.2) is 18.0 Å². The highest BCUT2D eigenvalue weighted by atomic mass is 32.1. The maximum absolute atomic E-state index is 12.8. The highest BCUT2D eigenvalue weighted by molar-refractivity contribution is 7.10. The molecule has 1 heterocycles. The molecular formula is C14H15FN2OS. The van der Waals surface area contributed by atoms with Crippen LogP contribution in [0.5, 0.6) is 0 Å². The fourth-order valence-electron chi connectivity index (χ4n) is 1.61. The van der Waals surface area contributed by atoms with Gasteiger partial charge < -0.3 is 10.2 Å². The SMILES string of the molecule is Cc1ccsc1CN(C)C(=O)Nc1ccc(F)cc1. The van der Waals surface area contributed by atoms with Crippen LogP contribution in [0.15, 0.2) is 35.7 Å². The number of amides is 2. The standard InChI is InChI=1S/C14H15FN2OS/c1-10-7-8-19-13(10)9-17(2)14(18)16-12-5-3-11(15)4-6-12/h3-8H,9H2,1-2H3,(H,16,18). The normalized spacial score (nSPS) is 10.3. The Hall–Kier alpha value is -1.88. The zero-order valence-corrected chi connectivity index (χ0v) is 11.6. The summed E-state index contributed by atoms with van der Waals surface area (Å²) in [5.74, 6) is -0.319. The van der Waals surface area contributed by atoms with Crippen LogP contribution in [-0.2, 0) is 6.54 Å². The van der Waals surface area contributed by atoms with Crippen molar-refractivity contribution in [1.29, 1.82) is 0 Å². The molecule has 3 nitrogen and oxygen atoms in total. The largest absolute Gasteiger partial charge is 0.322 e. The van der Waals surface area contributed by atoms with Gasteiger partial charge in [0.25, 0.3) is 0 Å². The zero-order chi connectivity index (χ0) is 13.8. The van der Waals surface area contributed by atoms with Crippen molar-refractivity contribution in [2.24, 2.45) is 0 Å². The molecule has 0 saturated heterocycles. The van der Waals surface area contributed by atoms with E-state index in [9.17, 15) is 9.18 Å². The van der Waals surface area contributed by atoms with E-state index in [2.05, 4.69) is 5.32 Å². The Morgan fingerprint density at radius 3 is 2.58 bits per heavy atom. The van der Waals surface area contributed by atoms with Crippen LogP contribution in [0.2, 0.25) is 0 Å². The number of hydrogen-bond acceptors (Lipinski definition) is 2. The Morgan fingerprint density at radius 2 is 2.00 bits per heavy atom. The van der Waals surface area contributed by atoms with Crippen molar-refractivity contribution in [2.75, 3.05) is 12.4 Å². The summed E-state index contributed by atoms with van der Waals surface area (Å²) in [4.78, 5) is 14.7. The summed E-state index contributed by atoms with van der Waals surface area (Å²) in [6, 6.07) is 7.54. The third-order valence-corrected chi connectivity index (χ3v) is 3.80. The van der Waals surface area contributed by atoms with Crippen LogP contribution in [0.25, 0.3) is 0 Å². The van der Waals surface area contributed by atoms with Crippen molar-refractivity contribution in [2.45, 2.75) is 13.5 Å². The number of hydrogen-bond donors (Lipinski definition) is 1. The Kier molecular flexibility index (Phi) is 4.16. The first-order valence-corrected chi connectivity index (χ1v) is 6.75. The number of urea groups is 1. The summed E-state index contributed by atoms with van der Waals surface area (Å²) in [6.07, 6.45) is 0. The number of thiophene rings is 1. The molecule has 0 unspecified atom stereocenters. The molecule has 0 aliphatic heterocycles. The molecule has 0 saturated carbocycles. The van der Waals surface area contributed by atoms with Gasteiger partial charge in [-0.3, -0.25) is 0 Å². The lowest BCUT2D eigenvalue weighted by molar-refractivity contribution is 0.221. The number of carbonyl (C=O) groups is 1. The monoisotopic (exact) mass is 278 g/mol. The molecule has 0 radical (unpaired) electrons. The molecule has 0 bridgehead atoms. The lowest BCUT2D eigenvalue weighted by Crippen LogP contribution is -2.30. The lowest BCUT2D eigenvalue weighted by atomic mass is 10.3. The first-order valence-electron chi connectivity index (χ1n) is 5.87. The molecule has 5 heteroatoms. The van der Waals surface area contributed by atoms with E-state index in [0.717, 1.165) is 4.88 Å². The van der Waals surface area contributed by atoms with Gasteiger partial charge in [0.15, 0.2) is 0 Å². The van der Waals surface area contributed by atoms with Crippen LogP contribution in [0, 0.1) is 12.7 Å². The van der Waals surface area contributed by atoms with E-state index in [0.29, 0.717) is 12.2 Å². The molecule has 0 atom stereocenters. The van der Waals surface area contributed by atoms with Crippen molar-refractivity contribution < 1.29 is 9.18 Å². The number of carbonyl (C=O) groups excluding carboxylic acids is 1. The molecule has 0 fully saturated rings. The lowest BCUT2D eigenvalue weighted by Gasteiger charge is -2.17. The smallest absolute Gasteiger partial charge is 0.321 e. The Labute approximate surface area is 115 Å². The molecule has 0 aliphatic rings. The topological polar surface area (TPSA) is 32.3 Å². The predicted octanol–water partition coefficient (Wildman–Crippen LogP) is 3.86. The molecular weight excluding hydrogens is 263 g/mol. The van der Waals surface area contributed by atoms with Gasteiger partial charge in [-0.25, -0.2) is 9.18 Å². The highest BCUT2D eigenvalue weighted by Crippen LogP contribution is 2.17. The molecule has 1 aromatic carbocycles. The summed E-state index contributed by atoms with van der Waals surface area (Å²) in [5.41, 5.74) is 1.77. The Bertz CT molecular complexity index is 565. The maximum atomic E-state index is 12.8. The van der Waals surface area contributed by atoms with Gasteiger partial charge in [-0.15, -0.1) is 11.3 Å². The zero-order valence-electron chi connectivity index (χ0n) is 10.8. The summed E-state index contributed by atoms with van der Waals surface area (Å²) in [7, 11) is 1.73. The Balaban J connectivity index is 1.96. The number of nitrogens with one attached hydrogen (secondary N) is 1. The summed E-state index contributed by atoms with van der Waals surface area (Å²) in [5, 5.41) is 4.74. The Morgan fingerprint density at radius 1 is 1.32 bits per heavy atom. The van der Waals surface area contributed by atoms with Gasteiger partial charge in [-0.2, -0.15) is 0 Å². The molecule has 19 heavy (non-hydrogen) atoms. The number of halogens is 1. The highest BCUT2D eigenvalue weighted by Gasteiger charge is 2.11. The van der Waals surface area contributed by atoms with Crippen LogP contribution in [0.4, 0.5) is 14.9 Å². The quantitative estimate of drug-likeness (QED) is 0.908. The van der Waals surface area contributed by atoms with E-state index in [1.807, 2.05) is 18.4 Å². The van der Waals surface area contributed by atoms with Crippen molar-refractivity contribution in [3.05, 3.63) is 52.0 Å². The second kappa shape index (κ2) is 5.84. The minimum absolute atomic E-state index is 0.209. The molecule has 1 aromatic heterocycles. The van der Waals surface area contributed by atoms with Gasteiger partial charge in [-0.1, -0.05) is 0 Å². The third-order valence-electron chi connectivity index (χ3n) is 2.79. The third kappa shape index (κ3) is 3.54. The van der Waals surface area contributed by atoms with Crippen molar-refractivity contribution in [3.63, 3.8) is 0 Å². The first-order chi connectivity index (χ1) is 9.06. The van der Waals surface area contributed by atoms with Crippen LogP contribution in [0.3, 0.4) is 0 Å². The minimum Gasteiger partial charge on any atom is -0.322 e. The molecule has 1 N–H and O–H groups in total. The number of nitrogens with zero attached hydrogens (tertiary/aromatic N) is 1. The van der Waals surface area contributed by atoms with Crippen molar-refractivity contribution in [3.8, 4) is 0 Å². The first kappa shape index (κ1) is 13.5. The predicted molar refractivity (Wildman–Crippen MR) is 75.9 cm³/mol. The summed E-state index contributed by atoms with van der Waals surface area (Å²) >= 11 is 1.63. The van der Waals surface area contributed by atoms with E-state index in [4.69, 9.17) is 0 Å². The summed E-state index contributed by atoms with van der Waals surface area (Å²) < 4.78 is 12.8. The molecule has 2 rings (SSSR count). The number of benzene rings is 1. The fraction of sp³-hybridized carbons (Fsp3) is 0.214. The van der Waals surface area contributed by atoms with E-state index < -0.39 is 0 Å². The summed E-state index contributed by atoms with van der Waals surface area (Å²) in [6.45, 7) is 2.59. The minimum atomic E-state index is -0.319. The maximum Gasteiger partial charge on any atom is 0.321 e. The number of rotatable bonds is 3.